The summed E-state index contributed by atoms with van der Waals surface area (Å²) < 4.78 is 5.99. The van der Waals surface area contributed by atoms with Crippen LogP contribution in [0.2, 0.25) is 5.15 Å². The Hall–Kier alpha value is -2.26. The number of carbonyl (C=O) groups is 1. The summed E-state index contributed by atoms with van der Waals surface area (Å²) in [6.07, 6.45) is 1.17. The molecule has 1 N–H and O–H groups in total. The van der Waals surface area contributed by atoms with Crippen LogP contribution in [0, 0.1) is 11.3 Å². The summed E-state index contributed by atoms with van der Waals surface area (Å²) in [5, 5.41) is 22.5. The zero-order valence-electron chi connectivity index (χ0n) is 9.35. The Labute approximate surface area is 107 Å². The molecule has 0 fully saturated rings. The lowest BCUT2D eigenvalue weighted by Gasteiger charge is -1.99. The number of nitriles is 1. The fourth-order valence-electron chi connectivity index (χ4n) is 1.51. The maximum atomic E-state index is 11.6. The molecule has 2 aromatic heterocycles. The van der Waals surface area contributed by atoms with Crippen molar-refractivity contribution in [2.75, 3.05) is 6.61 Å². The van der Waals surface area contributed by atoms with E-state index >= 15 is 0 Å². The first-order chi connectivity index (χ1) is 8.60. The monoisotopic (exact) mass is 265 g/mol. The van der Waals surface area contributed by atoms with Gasteiger partial charge in [0.15, 0.2) is 5.75 Å². The zero-order valence-corrected chi connectivity index (χ0v) is 10.1. The molecule has 0 bridgehead atoms. The van der Waals surface area contributed by atoms with Crippen molar-refractivity contribution in [2.24, 2.45) is 0 Å². The van der Waals surface area contributed by atoms with Crippen LogP contribution in [0.15, 0.2) is 12.3 Å². The number of rotatable bonds is 2. The molecule has 6 nitrogen and oxygen atoms in total. The van der Waals surface area contributed by atoms with Crippen LogP contribution in [0.25, 0.3) is 5.52 Å². The first-order valence-electron chi connectivity index (χ1n) is 5.06. The fraction of sp³-hybridized carbons (Fsp3) is 0.182. The summed E-state index contributed by atoms with van der Waals surface area (Å²) in [4.78, 5) is 11.6. The highest BCUT2D eigenvalue weighted by Gasteiger charge is 2.20. The highest BCUT2D eigenvalue weighted by atomic mass is 35.5. The maximum absolute atomic E-state index is 11.6. The molecule has 2 heterocycles. The van der Waals surface area contributed by atoms with E-state index < -0.39 is 5.97 Å². The van der Waals surface area contributed by atoms with Crippen LogP contribution in [0.1, 0.15) is 22.8 Å². The summed E-state index contributed by atoms with van der Waals surface area (Å²) in [5.74, 6) is -0.879. The maximum Gasteiger partial charge on any atom is 0.341 e. The van der Waals surface area contributed by atoms with E-state index in [1.807, 2.05) is 0 Å². The number of hydrogen-bond donors (Lipinski definition) is 1. The van der Waals surface area contributed by atoms with Crippen molar-refractivity contribution in [3.8, 4) is 11.8 Å². The first kappa shape index (κ1) is 12.2. The van der Waals surface area contributed by atoms with E-state index in [-0.39, 0.29) is 34.2 Å². The van der Waals surface area contributed by atoms with Crippen molar-refractivity contribution in [1.82, 2.24) is 9.61 Å². The molecule has 18 heavy (non-hydrogen) atoms. The van der Waals surface area contributed by atoms with E-state index in [0.29, 0.717) is 0 Å². The molecular weight excluding hydrogens is 258 g/mol. The van der Waals surface area contributed by atoms with E-state index in [9.17, 15) is 9.90 Å². The number of nitrogens with zero attached hydrogens (tertiary/aromatic N) is 3. The lowest BCUT2D eigenvalue weighted by atomic mass is 10.2. The van der Waals surface area contributed by atoms with E-state index in [2.05, 4.69) is 5.10 Å². The molecule has 2 rings (SSSR count). The van der Waals surface area contributed by atoms with Crippen LogP contribution < -0.4 is 0 Å². The number of hydrogen-bond acceptors (Lipinski definition) is 5. The van der Waals surface area contributed by atoms with Gasteiger partial charge in [0, 0.05) is 0 Å². The van der Waals surface area contributed by atoms with E-state index in [1.54, 1.807) is 13.0 Å². The average Bonchev–Trinajstić information content (AvgIpc) is 2.69. The largest absolute Gasteiger partial charge is 0.504 e. The molecule has 0 aliphatic carbocycles. The molecular formula is C11H8ClN3O3. The van der Waals surface area contributed by atoms with E-state index in [1.165, 1.54) is 16.8 Å². The van der Waals surface area contributed by atoms with Gasteiger partial charge in [-0.25, -0.2) is 9.31 Å². The van der Waals surface area contributed by atoms with Gasteiger partial charge in [0.25, 0.3) is 0 Å². The lowest BCUT2D eigenvalue weighted by Crippen LogP contribution is -2.04. The Morgan fingerprint density at radius 2 is 2.44 bits per heavy atom. The number of carbonyl (C=O) groups excluding carboxylic acids is 1. The van der Waals surface area contributed by atoms with Crippen LogP contribution >= 0.6 is 11.6 Å². The van der Waals surface area contributed by atoms with Crippen LogP contribution in [0.5, 0.6) is 5.75 Å². The summed E-state index contributed by atoms with van der Waals surface area (Å²) in [6.45, 7) is 1.88. The van der Waals surface area contributed by atoms with Crippen molar-refractivity contribution in [3.05, 3.63) is 28.5 Å². The van der Waals surface area contributed by atoms with Crippen LogP contribution in [-0.2, 0) is 4.74 Å². The molecule has 0 aromatic carbocycles. The number of aromatic nitrogens is 2. The topological polar surface area (TPSA) is 87.6 Å². The molecule has 0 amide bonds. The molecule has 92 valence electrons. The summed E-state index contributed by atoms with van der Waals surface area (Å²) in [6, 6.07) is 3.12. The minimum absolute atomic E-state index is 0.00655. The van der Waals surface area contributed by atoms with Gasteiger partial charge in [0.05, 0.1) is 18.4 Å². The van der Waals surface area contributed by atoms with Crippen LogP contribution in [0.4, 0.5) is 0 Å². The quantitative estimate of drug-likeness (QED) is 0.836. The van der Waals surface area contributed by atoms with Gasteiger partial charge in [-0.15, -0.1) is 0 Å². The number of aromatic hydroxyl groups is 1. The predicted molar refractivity (Wildman–Crippen MR) is 62.5 cm³/mol. The van der Waals surface area contributed by atoms with E-state index in [0.717, 1.165) is 0 Å². The third-order valence-corrected chi connectivity index (χ3v) is 2.70. The van der Waals surface area contributed by atoms with Crippen LogP contribution in [-0.4, -0.2) is 27.3 Å². The number of esters is 1. The molecule has 2 aromatic rings. The molecule has 7 heteroatoms. The Morgan fingerprint density at radius 3 is 3.06 bits per heavy atom. The van der Waals surface area contributed by atoms with Crippen molar-refractivity contribution in [2.45, 2.75) is 6.92 Å². The Kier molecular flexibility index (Phi) is 3.08. The van der Waals surface area contributed by atoms with Gasteiger partial charge < -0.3 is 9.84 Å². The lowest BCUT2D eigenvalue weighted by molar-refractivity contribution is 0.0526. The van der Waals surface area contributed by atoms with Crippen molar-refractivity contribution >= 4 is 23.1 Å². The molecule has 0 radical (unpaired) electrons. The highest BCUT2D eigenvalue weighted by Crippen LogP contribution is 2.29. The fourth-order valence-corrected chi connectivity index (χ4v) is 1.77. The molecule has 0 aliphatic heterocycles. The Balaban J connectivity index is 2.67. The minimum Gasteiger partial charge on any atom is -0.504 e. The van der Waals surface area contributed by atoms with Crippen LogP contribution in [0.3, 0.4) is 0 Å². The van der Waals surface area contributed by atoms with Gasteiger partial charge in [-0.05, 0) is 13.0 Å². The highest BCUT2D eigenvalue weighted by molar-refractivity contribution is 6.33. The second kappa shape index (κ2) is 4.55. The summed E-state index contributed by atoms with van der Waals surface area (Å²) in [7, 11) is 0. The Morgan fingerprint density at radius 1 is 1.72 bits per heavy atom. The van der Waals surface area contributed by atoms with Crippen molar-refractivity contribution < 1.29 is 14.6 Å². The molecule has 0 unspecified atom stereocenters. The van der Waals surface area contributed by atoms with Gasteiger partial charge in [-0.2, -0.15) is 10.4 Å². The molecule has 0 atom stereocenters. The zero-order chi connectivity index (χ0) is 13.3. The molecule has 0 saturated heterocycles. The number of halogens is 1. The van der Waals surface area contributed by atoms with Gasteiger partial charge in [-0.1, -0.05) is 11.6 Å². The third-order valence-electron chi connectivity index (χ3n) is 2.33. The van der Waals surface area contributed by atoms with Gasteiger partial charge in [-0.3, -0.25) is 0 Å². The average molecular weight is 266 g/mol. The predicted octanol–water partition coefficient (Wildman–Crippen LogP) is 1.74. The van der Waals surface area contributed by atoms with Gasteiger partial charge in [0.1, 0.15) is 22.3 Å². The molecule has 0 saturated carbocycles. The standard InChI is InChI=1S/C11H8ClN3O3/c1-2-18-11(17)7-3-8-9(16)6(4-13)5-14-15(8)10(7)12/h3,5,16H,2H2,1H3. The van der Waals surface area contributed by atoms with Gasteiger partial charge >= 0.3 is 5.97 Å². The minimum atomic E-state index is -0.606. The first-order valence-corrected chi connectivity index (χ1v) is 5.44. The number of fused-ring (bicyclic) bond motifs is 1. The number of ether oxygens (including phenoxy) is 1. The van der Waals surface area contributed by atoms with E-state index in [4.69, 9.17) is 21.6 Å². The Bertz CT molecular complexity index is 672. The third kappa shape index (κ3) is 1.75. The van der Waals surface area contributed by atoms with Gasteiger partial charge in [0.2, 0.25) is 0 Å². The smallest absolute Gasteiger partial charge is 0.341 e. The second-order valence-electron chi connectivity index (χ2n) is 3.38. The molecule has 0 spiro atoms. The summed E-state index contributed by atoms with van der Waals surface area (Å²) >= 11 is 5.96. The van der Waals surface area contributed by atoms with Crippen molar-refractivity contribution in [1.29, 1.82) is 5.26 Å². The molecule has 0 aliphatic rings. The summed E-state index contributed by atoms with van der Waals surface area (Å²) in [5.41, 5.74) is 0.283. The van der Waals surface area contributed by atoms with Crippen molar-refractivity contribution in [3.63, 3.8) is 0 Å². The normalized spacial score (nSPS) is 10.3. The second-order valence-corrected chi connectivity index (χ2v) is 3.74. The SMILES string of the molecule is CCOC(=O)c1cc2c(O)c(C#N)cnn2c1Cl.